The Bertz CT molecular complexity index is 2160. The number of urea groups is 1. The molecule has 13 nitrogen and oxygen atoms in total. The highest BCUT2D eigenvalue weighted by Gasteiger charge is 2.31. The Balaban J connectivity index is 0.00000155. The molecule has 2 fully saturated rings. The van der Waals surface area contributed by atoms with E-state index in [0.717, 1.165) is 78.7 Å². The van der Waals surface area contributed by atoms with Gasteiger partial charge in [-0.1, -0.05) is 51.1 Å². The Morgan fingerprint density at radius 3 is 2.46 bits per heavy atom. The van der Waals surface area contributed by atoms with Gasteiger partial charge < -0.3 is 20.1 Å². The van der Waals surface area contributed by atoms with Crippen LogP contribution in [0.25, 0.3) is 11.3 Å². The fourth-order valence-corrected chi connectivity index (χ4v) is 8.06. The number of amides is 2. The molecule has 5 heterocycles. The maximum absolute atomic E-state index is 15.5. The molecule has 2 aliphatic heterocycles. The van der Waals surface area contributed by atoms with E-state index in [9.17, 15) is 4.79 Å². The summed E-state index contributed by atoms with van der Waals surface area (Å²) in [6, 6.07) is 18.9. The number of fused-ring (bicyclic) bond motifs is 2. The van der Waals surface area contributed by atoms with E-state index in [2.05, 4.69) is 70.5 Å². The van der Waals surface area contributed by atoms with Crippen LogP contribution in [0.2, 0.25) is 0 Å². The number of piperidine rings is 1. The molecule has 1 aliphatic carbocycles. The predicted molar refractivity (Wildman–Crippen MR) is 213 cm³/mol. The van der Waals surface area contributed by atoms with Gasteiger partial charge >= 0.3 is 6.03 Å². The fourth-order valence-electron chi connectivity index (χ4n) is 8.06. The second-order valence-corrected chi connectivity index (χ2v) is 16.0. The van der Waals surface area contributed by atoms with Crippen molar-refractivity contribution in [3.05, 3.63) is 95.1 Å². The molecule has 0 radical (unpaired) electrons. The number of nitrogens with one attached hydrogen (secondary N) is 2. The van der Waals surface area contributed by atoms with Crippen molar-refractivity contribution in [1.82, 2.24) is 34.6 Å². The van der Waals surface area contributed by atoms with E-state index in [0.29, 0.717) is 30.4 Å². The van der Waals surface area contributed by atoms with Crippen molar-refractivity contribution in [2.45, 2.75) is 103 Å². The number of carbonyl (C=O) groups excluding carboxylic acids is 1. The lowest BCUT2D eigenvalue weighted by molar-refractivity contribution is -0.122. The first-order valence-corrected chi connectivity index (χ1v) is 19.7. The molecule has 56 heavy (non-hydrogen) atoms. The maximum atomic E-state index is 15.5. The van der Waals surface area contributed by atoms with Crippen molar-refractivity contribution in [1.29, 1.82) is 0 Å². The molecule has 0 unspecified atom stereocenters. The van der Waals surface area contributed by atoms with Crippen molar-refractivity contribution in [3.8, 4) is 11.4 Å². The summed E-state index contributed by atoms with van der Waals surface area (Å²) in [5.74, 6) is 1.62. The summed E-state index contributed by atoms with van der Waals surface area (Å²) < 4.78 is 25.7. The standard InChI is InChI=1S/C41H50FN9O2.CH2O2/c1-27-11-7-8-22-49(27)40-46-45-37-19-15-29(26-50(37)40)53-35-18-17-33(30-12-5-6-13-31(30)35)43-39(52)44-38-24-36(41(2,3)4)47-51(38)34-23-28(14-16-32(34)42)25-48-20-9-10-21-48;2-1-3/h5-6,12-16,19,23-24,26-27,33,35H,7-11,17-18,20-22,25H2,1-4H3,(H2,43,44,52);1H,(H,2,3)/t27-,33-,35+;/m0./s1. The molecular weight excluding hydrogens is 714 g/mol. The minimum Gasteiger partial charge on any atom is -0.484 e. The summed E-state index contributed by atoms with van der Waals surface area (Å²) in [6.07, 6.45) is 9.08. The summed E-state index contributed by atoms with van der Waals surface area (Å²) >= 11 is 0. The molecule has 2 saturated heterocycles. The molecule has 5 aromatic rings. The molecule has 14 heteroatoms. The SMILES string of the molecule is C[C@H]1CCCCN1c1nnc2ccc(O[C@@H]3CC[C@H](NC(=O)Nc4cc(C(C)(C)C)nn4-c4cc(CN5CCCC5)ccc4F)c4ccccc43)cn12.O=CO. The van der Waals surface area contributed by atoms with E-state index in [1.807, 2.05) is 53.1 Å². The van der Waals surface area contributed by atoms with Gasteiger partial charge in [-0.2, -0.15) is 5.10 Å². The molecule has 3 aliphatic rings. The number of carboxylic acid groups (broad SMARTS) is 1. The largest absolute Gasteiger partial charge is 0.484 e. The summed E-state index contributed by atoms with van der Waals surface area (Å²) in [6.45, 7) is 12.0. The van der Waals surface area contributed by atoms with E-state index in [1.165, 1.54) is 30.0 Å². The number of nitrogens with zero attached hydrogens (tertiary/aromatic N) is 7. The summed E-state index contributed by atoms with van der Waals surface area (Å²) in [5.41, 5.74) is 4.61. The second kappa shape index (κ2) is 16.7. The first kappa shape index (κ1) is 38.8. The number of pyridine rings is 1. The van der Waals surface area contributed by atoms with Crippen molar-refractivity contribution >= 4 is 29.9 Å². The molecule has 296 valence electrons. The average molecular weight is 766 g/mol. The third-order valence-electron chi connectivity index (χ3n) is 11.0. The van der Waals surface area contributed by atoms with Crippen LogP contribution in [0.4, 0.5) is 21.0 Å². The number of likely N-dealkylation sites (tertiary alicyclic amines) is 1. The molecule has 0 spiro atoms. The molecule has 3 N–H and O–H groups in total. The van der Waals surface area contributed by atoms with Crippen molar-refractivity contribution in [2.75, 3.05) is 29.9 Å². The summed E-state index contributed by atoms with van der Waals surface area (Å²) in [4.78, 5) is 26.8. The van der Waals surface area contributed by atoms with Crippen LogP contribution in [0.15, 0.2) is 66.9 Å². The van der Waals surface area contributed by atoms with E-state index in [1.54, 1.807) is 0 Å². The second-order valence-electron chi connectivity index (χ2n) is 16.0. The van der Waals surface area contributed by atoms with Gasteiger partial charge in [0.05, 0.1) is 17.9 Å². The number of benzene rings is 2. The Labute approximate surface area is 326 Å². The zero-order valence-electron chi connectivity index (χ0n) is 32.6. The normalized spacial score (nSPS) is 19.9. The van der Waals surface area contributed by atoms with Crippen LogP contribution in [0, 0.1) is 5.82 Å². The zero-order valence-corrected chi connectivity index (χ0v) is 32.6. The Hall–Kier alpha value is -5.50. The number of hydrogen-bond donors (Lipinski definition) is 3. The molecule has 2 amide bonds. The Morgan fingerprint density at radius 2 is 1.71 bits per heavy atom. The van der Waals surface area contributed by atoms with Crippen molar-refractivity contribution < 1.29 is 23.8 Å². The van der Waals surface area contributed by atoms with Gasteiger partial charge in [-0.25, -0.2) is 13.9 Å². The minimum atomic E-state index is -0.393. The third kappa shape index (κ3) is 8.49. The van der Waals surface area contributed by atoms with Gasteiger partial charge in [0.2, 0.25) is 5.95 Å². The average Bonchev–Trinajstić information content (AvgIpc) is 3.95. The van der Waals surface area contributed by atoms with Crippen LogP contribution in [-0.2, 0) is 16.8 Å². The fraction of sp³-hybridized carbons (Fsp3) is 0.452. The highest BCUT2D eigenvalue weighted by Crippen LogP contribution is 2.39. The lowest BCUT2D eigenvalue weighted by Crippen LogP contribution is -2.38. The van der Waals surface area contributed by atoms with Crippen LogP contribution in [0.5, 0.6) is 5.75 Å². The quantitative estimate of drug-likeness (QED) is 0.135. The van der Waals surface area contributed by atoms with E-state index < -0.39 is 5.82 Å². The first-order valence-electron chi connectivity index (χ1n) is 19.7. The predicted octanol–water partition coefficient (Wildman–Crippen LogP) is 7.80. The molecule has 8 rings (SSSR count). The van der Waals surface area contributed by atoms with Crippen LogP contribution in [0.1, 0.15) is 107 Å². The first-order chi connectivity index (χ1) is 27.0. The molecular formula is C42H52FN9O4. The van der Waals surface area contributed by atoms with Gasteiger partial charge in [-0.05, 0) is 106 Å². The molecule has 0 bridgehead atoms. The van der Waals surface area contributed by atoms with Crippen molar-refractivity contribution in [3.63, 3.8) is 0 Å². The Kier molecular flexibility index (Phi) is 11.6. The maximum Gasteiger partial charge on any atom is 0.320 e. The van der Waals surface area contributed by atoms with Crippen molar-refractivity contribution in [2.24, 2.45) is 0 Å². The summed E-state index contributed by atoms with van der Waals surface area (Å²) in [5, 5.41) is 26.9. The topological polar surface area (TPSA) is 142 Å². The number of halogens is 1. The van der Waals surface area contributed by atoms with Crippen LogP contribution in [-0.4, -0.2) is 72.6 Å². The monoisotopic (exact) mass is 765 g/mol. The smallest absolute Gasteiger partial charge is 0.320 e. The lowest BCUT2D eigenvalue weighted by atomic mass is 9.85. The number of anilines is 2. The number of hydrogen-bond acceptors (Lipinski definition) is 8. The number of carbonyl (C=O) groups is 2. The number of rotatable bonds is 8. The van der Waals surface area contributed by atoms with E-state index >= 15 is 4.39 Å². The van der Waals surface area contributed by atoms with Gasteiger partial charge in [-0.3, -0.25) is 19.4 Å². The molecule has 3 aromatic heterocycles. The van der Waals surface area contributed by atoms with E-state index in [4.69, 9.17) is 19.7 Å². The third-order valence-corrected chi connectivity index (χ3v) is 11.0. The van der Waals surface area contributed by atoms with Gasteiger partial charge in [-0.15, -0.1) is 10.2 Å². The minimum absolute atomic E-state index is 0.190. The van der Waals surface area contributed by atoms with Gasteiger partial charge in [0.1, 0.15) is 29.2 Å². The van der Waals surface area contributed by atoms with Gasteiger partial charge in [0.15, 0.2) is 5.65 Å². The Morgan fingerprint density at radius 1 is 0.964 bits per heavy atom. The van der Waals surface area contributed by atoms with Gasteiger partial charge in [0.25, 0.3) is 6.47 Å². The lowest BCUT2D eigenvalue weighted by Gasteiger charge is -2.33. The van der Waals surface area contributed by atoms with Crippen LogP contribution in [0.3, 0.4) is 0 Å². The molecule has 2 aromatic carbocycles. The molecule has 3 atom stereocenters. The number of aromatic nitrogens is 5. The summed E-state index contributed by atoms with van der Waals surface area (Å²) in [7, 11) is 0. The van der Waals surface area contributed by atoms with Gasteiger partial charge in [0, 0.05) is 30.6 Å². The van der Waals surface area contributed by atoms with Crippen LogP contribution >= 0.6 is 0 Å². The highest BCUT2D eigenvalue weighted by atomic mass is 19.1. The number of ether oxygens (including phenoxy) is 1. The zero-order chi connectivity index (χ0) is 39.4. The van der Waals surface area contributed by atoms with Crippen LogP contribution < -0.4 is 20.3 Å². The molecule has 0 saturated carbocycles. The van der Waals surface area contributed by atoms with E-state index in [-0.39, 0.29) is 30.1 Å². The highest BCUT2D eigenvalue weighted by molar-refractivity contribution is 5.89.